The van der Waals surface area contributed by atoms with Crippen molar-refractivity contribution < 1.29 is 9.39 Å². The van der Waals surface area contributed by atoms with Crippen LogP contribution in [-0.2, 0) is 4.65 Å². The second kappa shape index (κ2) is 6.97. The quantitative estimate of drug-likeness (QED) is 0.776. The van der Waals surface area contributed by atoms with Crippen molar-refractivity contribution in [2.75, 3.05) is 20.3 Å². The number of hydrogen-bond acceptors (Lipinski definition) is 3. The van der Waals surface area contributed by atoms with E-state index in [1.807, 2.05) is 42.5 Å². The first-order chi connectivity index (χ1) is 9.35. The van der Waals surface area contributed by atoms with Crippen molar-refractivity contribution in [2.24, 2.45) is 5.73 Å². The van der Waals surface area contributed by atoms with Crippen LogP contribution >= 0.6 is 0 Å². The summed E-state index contributed by atoms with van der Waals surface area (Å²) < 4.78 is 11.1. The van der Waals surface area contributed by atoms with Crippen molar-refractivity contribution >= 4 is 17.8 Å². The molecule has 0 amide bonds. The van der Waals surface area contributed by atoms with Gasteiger partial charge in [-0.1, -0.05) is 42.5 Å². The Labute approximate surface area is 114 Å². The molecule has 0 unspecified atom stereocenters. The minimum Gasteiger partial charge on any atom is -0.497 e. The summed E-state index contributed by atoms with van der Waals surface area (Å²) in [6.45, 7) is 0.921. The van der Waals surface area contributed by atoms with Crippen molar-refractivity contribution in [3.63, 3.8) is 0 Å². The average Bonchev–Trinajstić information content (AvgIpc) is 2.49. The molecule has 2 aromatic carbocycles. The predicted octanol–water partition coefficient (Wildman–Crippen LogP) is 0.776. The van der Waals surface area contributed by atoms with Crippen LogP contribution < -0.4 is 21.4 Å². The number of benzene rings is 2. The van der Waals surface area contributed by atoms with Crippen LogP contribution in [0.2, 0.25) is 0 Å². The smallest absolute Gasteiger partial charge is 0.361 e. The third-order valence-electron chi connectivity index (χ3n) is 2.90. The molecule has 4 heteroatoms. The summed E-state index contributed by atoms with van der Waals surface area (Å²) in [6, 6.07) is 18.0. The Hall–Kier alpha value is -1.78. The van der Waals surface area contributed by atoms with Gasteiger partial charge in [-0.15, -0.1) is 0 Å². The Morgan fingerprint density at radius 2 is 1.74 bits per heavy atom. The van der Waals surface area contributed by atoms with E-state index in [0.29, 0.717) is 13.2 Å². The summed E-state index contributed by atoms with van der Waals surface area (Å²) in [5, 5.41) is 0. The van der Waals surface area contributed by atoms with Crippen LogP contribution in [0.5, 0.6) is 5.75 Å². The molecule has 0 aliphatic rings. The van der Waals surface area contributed by atoms with E-state index in [-0.39, 0.29) is 6.92 Å². The highest BCUT2D eigenvalue weighted by Crippen LogP contribution is 2.07. The summed E-state index contributed by atoms with van der Waals surface area (Å²) in [6.07, 6.45) is 0. The van der Waals surface area contributed by atoms with Crippen molar-refractivity contribution in [1.29, 1.82) is 0 Å². The molecule has 0 atom stereocenters. The van der Waals surface area contributed by atoms with Crippen molar-refractivity contribution in [3.8, 4) is 5.75 Å². The van der Waals surface area contributed by atoms with Crippen LogP contribution in [0.1, 0.15) is 0 Å². The molecule has 2 rings (SSSR count). The fourth-order valence-electron chi connectivity index (χ4n) is 2.00. The third kappa shape index (κ3) is 3.59. The maximum atomic E-state index is 5.88. The van der Waals surface area contributed by atoms with Crippen LogP contribution in [0.15, 0.2) is 54.6 Å². The van der Waals surface area contributed by atoms with E-state index in [9.17, 15) is 0 Å². The molecule has 0 saturated carbocycles. The highest BCUT2D eigenvalue weighted by molar-refractivity contribution is 6.80. The molecule has 0 aliphatic heterocycles. The number of nitrogens with two attached hydrogens (primary N) is 1. The molecule has 2 aromatic rings. The summed E-state index contributed by atoms with van der Waals surface area (Å²) in [4.78, 5) is 0. The molecule has 0 radical (unpaired) electrons. The average molecular weight is 255 g/mol. The zero-order valence-electron chi connectivity index (χ0n) is 11.1. The summed E-state index contributed by atoms with van der Waals surface area (Å²) in [5.41, 5.74) is 7.72. The predicted molar refractivity (Wildman–Crippen MR) is 79.5 cm³/mol. The first-order valence-corrected chi connectivity index (χ1v) is 6.35. The molecule has 0 fully saturated rings. The van der Waals surface area contributed by atoms with Gasteiger partial charge in [0.15, 0.2) is 0 Å². The largest absolute Gasteiger partial charge is 0.497 e. The van der Waals surface area contributed by atoms with Gasteiger partial charge in [0, 0.05) is 13.2 Å². The summed E-state index contributed by atoms with van der Waals surface area (Å²) >= 11 is 0. The zero-order valence-corrected chi connectivity index (χ0v) is 11.1. The van der Waals surface area contributed by atoms with E-state index in [1.54, 1.807) is 7.11 Å². The van der Waals surface area contributed by atoms with E-state index >= 15 is 0 Å². The van der Waals surface area contributed by atoms with E-state index in [0.717, 1.165) is 16.7 Å². The molecule has 0 aromatic heterocycles. The molecule has 2 N–H and O–H groups in total. The molecular formula is C15H18BNO2. The van der Waals surface area contributed by atoms with Crippen molar-refractivity contribution in [3.05, 3.63) is 54.6 Å². The van der Waals surface area contributed by atoms with Gasteiger partial charge in [0.2, 0.25) is 0 Å². The van der Waals surface area contributed by atoms with Crippen LogP contribution in [0.25, 0.3) is 0 Å². The fourth-order valence-corrected chi connectivity index (χ4v) is 2.00. The topological polar surface area (TPSA) is 44.5 Å². The van der Waals surface area contributed by atoms with Crippen molar-refractivity contribution in [1.82, 2.24) is 0 Å². The summed E-state index contributed by atoms with van der Waals surface area (Å²) in [5.74, 6) is 0.828. The third-order valence-corrected chi connectivity index (χ3v) is 2.90. The van der Waals surface area contributed by atoms with Crippen LogP contribution in [0.4, 0.5) is 0 Å². The first kappa shape index (κ1) is 13.7. The van der Waals surface area contributed by atoms with Gasteiger partial charge >= 0.3 is 6.92 Å². The molecule has 0 saturated heterocycles. The van der Waals surface area contributed by atoms with E-state index in [2.05, 4.69) is 12.1 Å². The number of ether oxygens (including phenoxy) is 1. The molecule has 0 heterocycles. The number of hydrogen-bond donors (Lipinski definition) is 1. The SMILES string of the molecule is COc1cccc(B(OCCN)c2ccccc2)c1. The van der Waals surface area contributed by atoms with Gasteiger partial charge in [0.05, 0.1) is 7.11 Å². The molecule has 3 nitrogen and oxygen atoms in total. The normalized spacial score (nSPS) is 10.2. The Bertz CT molecular complexity index is 505. The zero-order chi connectivity index (χ0) is 13.5. The minimum absolute atomic E-state index is 0.111. The van der Waals surface area contributed by atoms with Gasteiger partial charge in [-0.25, -0.2) is 0 Å². The van der Waals surface area contributed by atoms with Gasteiger partial charge in [-0.2, -0.15) is 0 Å². The molecule has 0 bridgehead atoms. The second-order valence-electron chi connectivity index (χ2n) is 4.23. The lowest BCUT2D eigenvalue weighted by atomic mass is 9.55. The van der Waals surface area contributed by atoms with Gasteiger partial charge in [-0.3, -0.25) is 0 Å². The first-order valence-electron chi connectivity index (χ1n) is 6.35. The molecule has 19 heavy (non-hydrogen) atoms. The van der Waals surface area contributed by atoms with Gasteiger partial charge in [0.25, 0.3) is 0 Å². The lowest BCUT2D eigenvalue weighted by molar-refractivity contribution is 0.344. The number of methoxy groups -OCH3 is 1. The number of rotatable bonds is 6. The monoisotopic (exact) mass is 255 g/mol. The molecular weight excluding hydrogens is 237 g/mol. The maximum Gasteiger partial charge on any atom is 0.361 e. The molecule has 0 spiro atoms. The van der Waals surface area contributed by atoms with Gasteiger partial charge in [-0.05, 0) is 23.1 Å². The summed E-state index contributed by atoms with van der Waals surface area (Å²) in [7, 11) is 1.66. The van der Waals surface area contributed by atoms with Crippen LogP contribution in [-0.4, -0.2) is 27.2 Å². The maximum absolute atomic E-state index is 5.88. The lowest BCUT2D eigenvalue weighted by Crippen LogP contribution is -2.45. The van der Waals surface area contributed by atoms with Gasteiger partial charge in [0.1, 0.15) is 5.75 Å². The van der Waals surface area contributed by atoms with E-state index in [1.165, 1.54) is 0 Å². The molecule has 0 aliphatic carbocycles. The lowest BCUT2D eigenvalue weighted by Gasteiger charge is -2.15. The van der Waals surface area contributed by atoms with Crippen LogP contribution in [0, 0.1) is 0 Å². The fraction of sp³-hybridized carbons (Fsp3) is 0.200. The van der Waals surface area contributed by atoms with E-state index < -0.39 is 0 Å². The highest BCUT2D eigenvalue weighted by atomic mass is 16.5. The Balaban J connectivity index is 2.31. The highest BCUT2D eigenvalue weighted by Gasteiger charge is 2.21. The van der Waals surface area contributed by atoms with E-state index in [4.69, 9.17) is 15.1 Å². The minimum atomic E-state index is -0.111. The van der Waals surface area contributed by atoms with Crippen molar-refractivity contribution in [2.45, 2.75) is 0 Å². The second-order valence-corrected chi connectivity index (χ2v) is 4.23. The Kier molecular flexibility index (Phi) is 5.01. The van der Waals surface area contributed by atoms with Crippen LogP contribution in [0.3, 0.4) is 0 Å². The Morgan fingerprint density at radius 3 is 2.42 bits per heavy atom. The standard InChI is InChI=1S/C15H18BNO2/c1-18-15-9-5-8-14(12-15)16(19-11-10-17)13-6-3-2-4-7-13/h2-9,12H,10-11,17H2,1H3. The molecule has 98 valence electrons. The Morgan fingerprint density at radius 1 is 1.00 bits per heavy atom. The van der Waals surface area contributed by atoms with Gasteiger partial charge < -0.3 is 15.1 Å².